The van der Waals surface area contributed by atoms with Crippen molar-refractivity contribution in [2.45, 2.75) is 31.7 Å². The molecule has 0 spiro atoms. The van der Waals surface area contributed by atoms with E-state index in [-0.39, 0.29) is 11.9 Å². The zero-order valence-corrected chi connectivity index (χ0v) is 18.9. The molecule has 32 heavy (non-hydrogen) atoms. The third kappa shape index (κ3) is 5.37. The quantitative estimate of drug-likeness (QED) is 0.676. The molecule has 6 nitrogen and oxygen atoms in total. The first-order chi connectivity index (χ1) is 15.5. The van der Waals surface area contributed by atoms with Crippen molar-refractivity contribution in [2.75, 3.05) is 33.9 Å². The topological polar surface area (TPSA) is 63.7 Å². The van der Waals surface area contributed by atoms with Crippen LogP contribution in [0.5, 0.6) is 5.75 Å². The van der Waals surface area contributed by atoms with Crippen LogP contribution in [-0.2, 0) is 17.6 Å². The molecule has 1 aromatic carbocycles. The Kier molecular flexibility index (Phi) is 6.90. The lowest BCUT2D eigenvalue weighted by atomic mass is 9.99. The maximum atomic E-state index is 12.9. The van der Waals surface area contributed by atoms with E-state index >= 15 is 0 Å². The van der Waals surface area contributed by atoms with Gasteiger partial charge in [0.1, 0.15) is 11.4 Å². The minimum absolute atomic E-state index is 0.118. The highest BCUT2D eigenvalue weighted by molar-refractivity contribution is 5.93. The highest BCUT2D eigenvalue weighted by Crippen LogP contribution is 2.31. The molecule has 1 N–H and O–H groups in total. The molecule has 1 saturated heterocycles. The fourth-order valence-corrected chi connectivity index (χ4v) is 3.98. The fraction of sp³-hybridized carbons (Fsp3) is 0.385. The summed E-state index contributed by atoms with van der Waals surface area (Å²) in [7, 11) is 3.97. The van der Waals surface area contributed by atoms with Gasteiger partial charge in [-0.25, -0.2) is 4.98 Å². The van der Waals surface area contributed by atoms with Gasteiger partial charge in [0.2, 0.25) is 0 Å². The number of nitrogens with one attached hydrogen (secondary N) is 1. The maximum Gasteiger partial charge on any atom is 0.270 e. The molecule has 168 valence electrons. The van der Waals surface area contributed by atoms with Gasteiger partial charge < -0.3 is 19.7 Å². The van der Waals surface area contributed by atoms with E-state index in [1.54, 1.807) is 0 Å². The number of ether oxygens (including phenoxy) is 2. The number of hydrogen-bond donors (Lipinski definition) is 1. The number of nitrogens with zero attached hydrogens (tertiary/aromatic N) is 2. The van der Waals surface area contributed by atoms with Crippen LogP contribution < -0.4 is 10.1 Å². The van der Waals surface area contributed by atoms with E-state index in [0.29, 0.717) is 31.9 Å². The monoisotopic (exact) mass is 433 g/mol. The van der Waals surface area contributed by atoms with Gasteiger partial charge in [0.15, 0.2) is 0 Å². The Morgan fingerprint density at radius 2 is 1.97 bits per heavy atom. The summed E-state index contributed by atoms with van der Waals surface area (Å²) in [5.41, 5.74) is 5.54. The molecule has 0 unspecified atom stereocenters. The van der Waals surface area contributed by atoms with Gasteiger partial charge in [-0.05, 0) is 47.9 Å². The number of aromatic nitrogens is 1. The molecular formula is C26H31N3O3. The van der Waals surface area contributed by atoms with Crippen molar-refractivity contribution in [1.29, 1.82) is 0 Å². The van der Waals surface area contributed by atoms with E-state index in [0.717, 1.165) is 53.0 Å². The molecule has 0 radical (unpaired) electrons. The molecule has 4 rings (SSSR count). The predicted octanol–water partition coefficient (Wildman–Crippen LogP) is 3.60. The SMILES string of the molecule is C=C(/C=C\N(C)C)c1ccc(Cc2cc(C(=O)NC3CCOCC3)nc3c2OCC3)cc1. The van der Waals surface area contributed by atoms with E-state index in [1.807, 2.05) is 37.3 Å². The summed E-state index contributed by atoms with van der Waals surface area (Å²) in [5, 5.41) is 3.12. The smallest absolute Gasteiger partial charge is 0.270 e. The van der Waals surface area contributed by atoms with Crippen LogP contribution in [0.2, 0.25) is 0 Å². The van der Waals surface area contributed by atoms with Crippen molar-refractivity contribution in [3.8, 4) is 5.75 Å². The zero-order valence-electron chi connectivity index (χ0n) is 18.9. The standard InChI is InChI=1S/C26H31N3O3/c1-18(8-12-29(2)3)20-6-4-19(5-7-20)16-21-17-24(28-23-11-15-32-25(21)23)26(30)27-22-9-13-31-14-10-22/h4-8,12,17,22H,1,9-11,13-16H2,2-3H3,(H,27,30)/b12-8-. The van der Waals surface area contributed by atoms with Crippen LogP contribution in [0.4, 0.5) is 0 Å². The molecule has 2 aliphatic heterocycles. The lowest BCUT2D eigenvalue weighted by Gasteiger charge is -2.23. The lowest BCUT2D eigenvalue weighted by molar-refractivity contribution is 0.0694. The second-order valence-electron chi connectivity index (χ2n) is 8.58. The van der Waals surface area contributed by atoms with Crippen LogP contribution in [-0.4, -0.2) is 55.7 Å². The number of pyridine rings is 1. The summed E-state index contributed by atoms with van der Waals surface area (Å²) in [6.07, 6.45) is 7.09. The van der Waals surface area contributed by atoms with Crippen LogP contribution in [0.25, 0.3) is 5.57 Å². The summed E-state index contributed by atoms with van der Waals surface area (Å²) in [6.45, 7) is 6.13. The molecule has 1 amide bonds. The number of carbonyl (C=O) groups excluding carboxylic acids is 1. The van der Waals surface area contributed by atoms with Crippen molar-refractivity contribution in [2.24, 2.45) is 0 Å². The first-order valence-electron chi connectivity index (χ1n) is 11.2. The van der Waals surface area contributed by atoms with Gasteiger partial charge in [0.05, 0.1) is 12.3 Å². The summed E-state index contributed by atoms with van der Waals surface area (Å²) < 4.78 is 11.2. The Morgan fingerprint density at radius 1 is 1.22 bits per heavy atom. The minimum Gasteiger partial charge on any atom is -0.491 e. The van der Waals surface area contributed by atoms with Gasteiger partial charge in [-0.3, -0.25) is 4.79 Å². The molecular weight excluding hydrogens is 402 g/mol. The second-order valence-corrected chi connectivity index (χ2v) is 8.58. The van der Waals surface area contributed by atoms with Crippen LogP contribution in [0.3, 0.4) is 0 Å². The Hall–Kier alpha value is -3.12. The molecule has 0 bridgehead atoms. The van der Waals surface area contributed by atoms with E-state index < -0.39 is 0 Å². The highest BCUT2D eigenvalue weighted by Gasteiger charge is 2.24. The van der Waals surface area contributed by atoms with Crippen molar-refractivity contribution in [1.82, 2.24) is 15.2 Å². The van der Waals surface area contributed by atoms with Crippen LogP contribution >= 0.6 is 0 Å². The van der Waals surface area contributed by atoms with E-state index in [9.17, 15) is 4.79 Å². The normalized spacial score (nSPS) is 15.9. The van der Waals surface area contributed by atoms with Crippen molar-refractivity contribution < 1.29 is 14.3 Å². The number of allylic oxidation sites excluding steroid dienone is 2. The number of amides is 1. The minimum atomic E-state index is -0.118. The molecule has 3 heterocycles. The van der Waals surface area contributed by atoms with Gasteiger partial charge in [0, 0.05) is 51.8 Å². The van der Waals surface area contributed by atoms with Crippen LogP contribution in [0.1, 0.15) is 45.7 Å². The fourth-order valence-electron chi connectivity index (χ4n) is 3.98. The maximum absolute atomic E-state index is 12.9. The molecule has 2 aromatic rings. The molecule has 1 aromatic heterocycles. The van der Waals surface area contributed by atoms with Gasteiger partial charge in [-0.1, -0.05) is 30.8 Å². The Labute approximate surface area is 189 Å². The second kappa shape index (κ2) is 10.0. The Bertz CT molecular complexity index is 1010. The predicted molar refractivity (Wildman–Crippen MR) is 126 cm³/mol. The average Bonchev–Trinajstić information content (AvgIpc) is 3.28. The number of benzene rings is 1. The Morgan fingerprint density at radius 3 is 2.69 bits per heavy atom. The number of fused-ring (bicyclic) bond motifs is 1. The van der Waals surface area contributed by atoms with Gasteiger partial charge >= 0.3 is 0 Å². The molecule has 0 aliphatic carbocycles. The average molecular weight is 434 g/mol. The van der Waals surface area contributed by atoms with Crippen molar-refractivity contribution >= 4 is 11.5 Å². The third-order valence-electron chi connectivity index (χ3n) is 5.79. The first kappa shape index (κ1) is 22.1. The number of carbonyl (C=O) groups is 1. The van der Waals surface area contributed by atoms with E-state index in [2.05, 4.69) is 41.1 Å². The molecule has 6 heteroatoms. The van der Waals surface area contributed by atoms with Crippen molar-refractivity contribution in [3.63, 3.8) is 0 Å². The molecule has 2 aliphatic rings. The lowest BCUT2D eigenvalue weighted by Crippen LogP contribution is -2.39. The van der Waals surface area contributed by atoms with Gasteiger partial charge in [-0.15, -0.1) is 0 Å². The summed E-state index contributed by atoms with van der Waals surface area (Å²) in [5.74, 6) is 0.710. The van der Waals surface area contributed by atoms with Gasteiger partial charge in [-0.2, -0.15) is 0 Å². The third-order valence-corrected chi connectivity index (χ3v) is 5.79. The van der Waals surface area contributed by atoms with E-state index in [4.69, 9.17) is 9.47 Å². The van der Waals surface area contributed by atoms with E-state index in [1.165, 1.54) is 0 Å². The number of hydrogen-bond acceptors (Lipinski definition) is 5. The zero-order chi connectivity index (χ0) is 22.5. The summed E-state index contributed by atoms with van der Waals surface area (Å²) in [4.78, 5) is 19.5. The first-order valence-corrected chi connectivity index (χ1v) is 11.2. The Balaban J connectivity index is 1.50. The van der Waals surface area contributed by atoms with Gasteiger partial charge in [0.25, 0.3) is 5.91 Å². The highest BCUT2D eigenvalue weighted by atomic mass is 16.5. The van der Waals surface area contributed by atoms with Crippen molar-refractivity contribution in [3.05, 3.63) is 77.3 Å². The number of rotatable bonds is 7. The molecule has 0 atom stereocenters. The summed E-state index contributed by atoms with van der Waals surface area (Å²) >= 11 is 0. The molecule has 1 fully saturated rings. The van der Waals surface area contributed by atoms with Crippen LogP contribution in [0, 0.1) is 0 Å². The summed E-state index contributed by atoms with van der Waals surface area (Å²) in [6, 6.07) is 10.4. The molecule has 0 saturated carbocycles. The largest absolute Gasteiger partial charge is 0.491 e. The van der Waals surface area contributed by atoms with Crippen LogP contribution in [0.15, 0.2) is 49.2 Å².